The van der Waals surface area contributed by atoms with Gasteiger partial charge >= 0.3 is 0 Å². The molecule has 0 unspecified atom stereocenters. The highest BCUT2D eigenvalue weighted by Crippen LogP contribution is 2.00. The van der Waals surface area contributed by atoms with E-state index in [1.165, 1.54) is 12.8 Å². The van der Waals surface area contributed by atoms with Crippen molar-refractivity contribution < 1.29 is 0 Å². The Morgan fingerprint density at radius 3 is 1.10 bits per heavy atom. The van der Waals surface area contributed by atoms with Gasteiger partial charge in [-0.25, -0.2) is 0 Å². The largest absolute Gasteiger partial charge is 0.330 e. The summed E-state index contributed by atoms with van der Waals surface area (Å²) in [6.45, 7) is 9.24. The van der Waals surface area contributed by atoms with E-state index in [0.29, 0.717) is 13.1 Å². The molecule has 0 rings (SSSR count). The third kappa shape index (κ3) is 11.6. The van der Waals surface area contributed by atoms with E-state index in [9.17, 15) is 0 Å². The second-order valence-corrected chi connectivity index (χ2v) is 5.25. The topological polar surface area (TPSA) is 111 Å². The molecule has 0 saturated heterocycles. The van der Waals surface area contributed by atoms with Gasteiger partial charge in [-0.2, -0.15) is 0 Å². The van der Waals surface area contributed by atoms with Crippen LogP contribution in [0, 0.1) is 0 Å². The molecule has 0 aromatic carbocycles. The summed E-state index contributed by atoms with van der Waals surface area (Å²) >= 11 is 0. The fraction of sp³-hybridized carbons (Fsp3) is 1.00. The molecule has 0 aliphatic carbocycles. The fourth-order valence-electron chi connectivity index (χ4n) is 2.34. The first-order valence-electron chi connectivity index (χ1n) is 8.03. The smallest absolute Gasteiger partial charge is 0.0105 e. The van der Waals surface area contributed by atoms with Crippen molar-refractivity contribution in [3.05, 3.63) is 0 Å². The molecule has 8 N–H and O–H groups in total. The maximum Gasteiger partial charge on any atom is 0.0105 e. The molecular weight excluding hydrogens is 252 g/mol. The maximum atomic E-state index is 5.61. The van der Waals surface area contributed by atoms with Crippen molar-refractivity contribution in [1.29, 1.82) is 0 Å². The molecule has 0 aliphatic heterocycles. The number of nitrogens with zero attached hydrogens (tertiary/aromatic N) is 2. The molecule has 6 nitrogen and oxygen atoms in total. The van der Waals surface area contributed by atoms with Crippen molar-refractivity contribution in [3.63, 3.8) is 0 Å². The predicted octanol–water partition coefficient (Wildman–Crippen LogP) is -1.01. The van der Waals surface area contributed by atoms with Gasteiger partial charge in [-0.15, -0.1) is 0 Å². The summed E-state index contributed by atoms with van der Waals surface area (Å²) in [6, 6.07) is 0. The van der Waals surface area contributed by atoms with Crippen LogP contribution in [0.25, 0.3) is 0 Å². The molecule has 0 saturated carbocycles. The van der Waals surface area contributed by atoms with E-state index in [1.807, 2.05) is 0 Å². The van der Waals surface area contributed by atoms with Crippen molar-refractivity contribution in [1.82, 2.24) is 9.80 Å². The SMILES string of the molecule is NCCCN(CCCN)CCCCN(CCN)CCN. The first kappa shape index (κ1) is 19.8. The maximum absolute atomic E-state index is 5.61. The third-order valence-electron chi connectivity index (χ3n) is 3.45. The van der Waals surface area contributed by atoms with Gasteiger partial charge < -0.3 is 32.7 Å². The van der Waals surface area contributed by atoms with Gasteiger partial charge in [0, 0.05) is 26.2 Å². The van der Waals surface area contributed by atoms with Crippen LogP contribution in [0.15, 0.2) is 0 Å². The Morgan fingerprint density at radius 2 is 0.750 bits per heavy atom. The number of hydrogen-bond acceptors (Lipinski definition) is 6. The second-order valence-electron chi connectivity index (χ2n) is 5.25. The quantitative estimate of drug-likeness (QED) is 0.287. The lowest BCUT2D eigenvalue weighted by atomic mass is 10.2. The molecule has 0 atom stereocenters. The Labute approximate surface area is 124 Å². The molecule has 122 valence electrons. The van der Waals surface area contributed by atoms with Crippen LogP contribution in [0.3, 0.4) is 0 Å². The summed E-state index contributed by atoms with van der Waals surface area (Å²) in [4.78, 5) is 4.83. The van der Waals surface area contributed by atoms with Crippen molar-refractivity contribution in [3.8, 4) is 0 Å². The zero-order valence-corrected chi connectivity index (χ0v) is 13.1. The summed E-state index contributed by atoms with van der Waals surface area (Å²) in [5.41, 5.74) is 22.4. The lowest BCUT2D eigenvalue weighted by Crippen LogP contribution is -2.35. The third-order valence-corrected chi connectivity index (χ3v) is 3.45. The molecule has 0 aliphatic rings. The Balaban J connectivity index is 3.77. The molecular formula is C14H36N6. The van der Waals surface area contributed by atoms with E-state index in [2.05, 4.69) is 9.80 Å². The van der Waals surface area contributed by atoms with Crippen molar-refractivity contribution in [2.45, 2.75) is 25.7 Å². The van der Waals surface area contributed by atoms with Gasteiger partial charge in [0.05, 0.1) is 0 Å². The lowest BCUT2D eigenvalue weighted by Gasteiger charge is -2.24. The normalized spacial score (nSPS) is 11.7. The van der Waals surface area contributed by atoms with Gasteiger partial charge in [0.2, 0.25) is 0 Å². The first-order chi connectivity index (χ1) is 9.78. The molecule has 0 amide bonds. The zero-order chi connectivity index (χ0) is 15.1. The summed E-state index contributed by atoms with van der Waals surface area (Å²) in [7, 11) is 0. The van der Waals surface area contributed by atoms with Crippen LogP contribution < -0.4 is 22.9 Å². The molecule has 0 aromatic heterocycles. The van der Waals surface area contributed by atoms with Crippen molar-refractivity contribution in [2.75, 3.05) is 65.4 Å². The molecule has 20 heavy (non-hydrogen) atoms. The highest BCUT2D eigenvalue weighted by Gasteiger charge is 2.05. The van der Waals surface area contributed by atoms with E-state index >= 15 is 0 Å². The van der Waals surface area contributed by atoms with Gasteiger partial charge in [0.1, 0.15) is 0 Å². The summed E-state index contributed by atoms with van der Waals surface area (Å²) in [5.74, 6) is 0. The van der Waals surface area contributed by atoms with Gasteiger partial charge in [-0.05, 0) is 65.0 Å². The molecule has 0 spiro atoms. The Kier molecular flexibility index (Phi) is 15.0. The van der Waals surface area contributed by atoms with Crippen LogP contribution in [0.4, 0.5) is 0 Å². The zero-order valence-electron chi connectivity index (χ0n) is 13.1. The summed E-state index contributed by atoms with van der Waals surface area (Å²) in [5, 5.41) is 0. The van der Waals surface area contributed by atoms with Gasteiger partial charge in [0.25, 0.3) is 0 Å². The molecule has 0 aromatic rings. The van der Waals surface area contributed by atoms with E-state index < -0.39 is 0 Å². The highest BCUT2D eigenvalue weighted by atomic mass is 15.1. The van der Waals surface area contributed by atoms with Crippen LogP contribution in [0.5, 0.6) is 0 Å². The standard InChI is InChI=1S/C14H36N6/c15-5-3-11-19(12-4-6-16)9-1-2-10-20(13-7-17)14-8-18/h1-18H2. The second kappa shape index (κ2) is 15.2. The van der Waals surface area contributed by atoms with Crippen molar-refractivity contribution in [2.24, 2.45) is 22.9 Å². The fourth-order valence-corrected chi connectivity index (χ4v) is 2.34. The first-order valence-corrected chi connectivity index (χ1v) is 8.03. The minimum Gasteiger partial charge on any atom is -0.330 e. The highest BCUT2D eigenvalue weighted by molar-refractivity contribution is 4.63. The average molecular weight is 288 g/mol. The van der Waals surface area contributed by atoms with Crippen LogP contribution in [0.2, 0.25) is 0 Å². The van der Waals surface area contributed by atoms with Crippen LogP contribution in [-0.2, 0) is 0 Å². The number of rotatable bonds is 15. The van der Waals surface area contributed by atoms with E-state index in [0.717, 1.165) is 65.2 Å². The molecule has 6 heteroatoms. The Bertz CT molecular complexity index is 177. The number of nitrogens with two attached hydrogens (primary N) is 4. The van der Waals surface area contributed by atoms with Crippen LogP contribution in [0.1, 0.15) is 25.7 Å². The van der Waals surface area contributed by atoms with Crippen molar-refractivity contribution >= 4 is 0 Å². The molecule has 0 radical (unpaired) electrons. The van der Waals surface area contributed by atoms with E-state index in [1.54, 1.807) is 0 Å². The van der Waals surface area contributed by atoms with E-state index in [-0.39, 0.29) is 0 Å². The number of unbranched alkanes of at least 4 members (excludes halogenated alkanes) is 1. The van der Waals surface area contributed by atoms with Gasteiger partial charge in [-0.1, -0.05) is 0 Å². The van der Waals surface area contributed by atoms with Gasteiger partial charge in [0.15, 0.2) is 0 Å². The monoisotopic (exact) mass is 288 g/mol. The molecule has 0 bridgehead atoms. The Morgan fingerprint density at radius 1 is 0.400 bits per heavy atom. The average Bonchev–Trinajstić information content (AvgIpc) is 2.45. The minimum absolute atomic E-state index is 0.707. The minimum atomic E-state index is 0.707. The molecule has 0 heterocycles. The predicted molar refractivity (Wildman–Crippen MR) is 87.6 cm³/mol. The lowest BCUT2D eigenvalue weighted by molar-refractivity contribution is 0.244. The van der Waals surface area contributed by atoms with Crippen LogP contribution >= 0.6 is 0 Å². The van der Waals surface area contributed by atoms with Gasteiger partial charge in [-0.3, -0.25) is 0 Å². The van der Waals surface area contributed by atoms with Crippen LogP contribution in [-0.4, -0.2) is 75.2 Å². The number of hydrogen-bond donors (Lipinski definition) is 4. The van der Waals surface area contributed by atoms with E-state index in [4.69, 9.17) is 22.9 Å². The summed E-state index contributed by atoms with van der Waals surface area (Å²) in [6.07, 6.45) is 4.54. The summed E-state index contributed by atoms with van der Waals surface area (Å²) < 4.78 is 0. The molecule has 0 fully saturated rings. The Hall–Kier alpha value is -0.240.